The molecular formula is C6H11BF3-. The summed E-state index contributed by atoms with van der Waals surface area (Å²) in [6, 6.07) is 0. The summed E-state index contributed by atoms with van der Waals surface area (Å²) in [6.45, 7) is 2.66. The third-order valence-electron chi connectivity index (χ3n) is 1.36. The van der Waals surface area contributed by atoms with E-state index < -0.39 is 17.9 Å². The van der Waals surface area contributed by atoms with E-state index in [0.717, 1.165) is 0 Å². The summed E-state index contributed by atoms with van der Waals surface area (Å²) in [4.78, 5) is 0. The Morgan fingerprint density at radius 3 is 1.50 bits per heavy atom. The van der Waals surface area contributed by atoms with Gasteiger partial charge >= 0.3 is 6.98 Å². The quantitative estimate of drug-likeness (QED) is 0.505. The van der Waals surface area contributed by atoms with Crippen molar-refractivity contribution in [2.45, 2.75) is 20.8 Å². The normalized spacial score (nSPS) is 13.4. The van der Waals surface area contributed by atoms with Gasteiger partial charge in [-0.15, -0.1) is 12.1 Å². The van der Waals surface area contributed by atoms with Crippen LogP contribution in [0.1, 0.15) is 20.8 Å². The van der Waals surface area contributed by atoms with E-state index in [1.54, 1.807) is 0 Å². The summed E-state index contributed by atoms with van der Waals surface area (Å²) in [6.07, 6.45) is 0. The molecule has 0 aliphatic rings. The van der Waals surface area contributed by atoms with E-state index >= 15 is 0 Å². The second kappa shape index (κ2) is 2.33. The summed E-state index contributed by atoms with van der Waals surface area (Å²) in [5.74, 6) is 0. The molecule has 0 aromatic rings. The highest BCUT2D eigenvalue weighted by atomic mass is 19.4. The number of allylic oxidation sites excluding steroid dienone is 1. The maximum Gasteiger partial charge on any atom is 0.505 e. The third-order valence-corrected chi connectivity index (χ3v) is 1.36. The minimum absolute atomic E-state index is 0.618. The predicted molar refractivity (Wildman–Crippen MR) is 37.7 cm³/mol. The third kappa shape index (κ3) is 2.46. The molecule has 0 aliphatic carbocycles. The van der Waals surface area contributed by atoms with E-state index in [1.807, 2.05) is 0 Å². The van der Waals surface area contributed by atoms with Crippen LogP contribution in [0.4, 0.5) is 12.9 Å². The highest BCUT2D eigenvalue weighted by molar-refractivity contribution is 6.66. The van der Waals surface area contributed by atoms with Gasteiger partial charge in [-0.1, -0.05) is 20.8 Å². The first kappa shape index (κ1) is 9.59. The van der Waals surface area contributed by atoms with Gasteiger partial charge in [0.05, 0.1) is 0 Å². The molecule has 0 saturated carbocycles. The molecule has 0 aromatic heterocycles. The Hall–Kier alpha value is -0.405. The van der Waals surface area contributed by atoms with E-state index in [0.29, 0.717) is 0 Å². The van der Waals surface area contributed by atoms with Crippen LogP contribution < -0.4 is 0 Å². The van der Waals surface area contributed by atoms with Gasteiger partial charge in [-0.3, -0.25) is 0 Å². The Balaban J connectivity index is 4.40. The van der Waals surface area contributed by atoms with Crippen LogP contribution >= 0.6 is 0 Å². The zero-order valence-electron chi connectivity index (χ0n) is 6.42. The van der Waals surface area contributed by atoms with Crippen molar-refractivity contribution in [3.63, 3.8) is 0 Å². The highest BCUT2D eigenvalue weighted by Gasteiger charge is 2.33. The molecule has 0 atom stereocenters. The van der Waals surface area contributed by atoms with Crippen molar-refractivity contribution >= 4 is 6.98 Å². The van der Waals surface area contributed by atoms with E-state index in [1.165, 1.54) is 20.8 Å². The van der Waals surface area contributed by atoms with Crippen LogP contribution in [0.15, 0.2) is 12.1 Å². The van der Waals surface area contributed by atoms with Crippen molar-refractivity contribution in [2.75, 3.05) is 0 Å². The minimum Gasteiger partial charge on any atom is -0.445 e. The summed E-state index contributed by atoms with van der Waals surface area (Å²) in [5.41, 5.74) is -1.47. The Morgan fingerprint density at radius 2 is 1.50 bits per heavy atom. The molecule has 0 aliphatic heterocycles. The Bertz CT molecular complexity index is 124. The average molecular weight is 151 g/mol. The van der Waals surface area contributed by atoms with E-state index in [4.69, 9.17) is 0 Å². The Morgan fingerprint density at radius 1 is 1.20 bits per heavy atom. The van der Waals surface area contributed by atoms with Crippen LogP contribution in [0.2, 0.25) is 0 Å². The van der Waals surface area contributed by atoms with Crippen LogP contribution in [-0.4, -0.2) is 6.98 Å². The van der Waals surface area contributed by atoms with E-state index in [9.17, 15) is 12.9 Å². The number of hydrogen-bond acceptors (Lipinski definition) is 0. The Labute approximate surface area is 59.2 Å². The summed E-state index contributed by atoms with van der Waals surface area (Å²) >= 11 is 0. The van der Waals surface area contributed by atoms with E-state index in [2.05, 4.69) is 6.58 Å². The highest BCUT2D eigenvalue weighted by Crippen LogP contribution is 2.33. The molecule has 0 bridgehead atoms. The Kier molecular flexibility index (Phi) is 2.23. The van der Waals surface area contributed by atoms with Gasteiger partial charge in [0, 0.05) is 0 Å². The van der Waals surface area contributed by atoms with Crippen molar-refractivity contribution in [1.29, 1.82) is 0 Å². The average Bonchev–Trinajstić information content (AvgIpc) is 1.59. The molecule has 0 N–H and O–H groups in total. The maximum atomic E-state index is 11.9. The molecule has 0 amide bonds. The van der Waals surface area contributed by atoms with Gasteiger partial charge in [0.1, 0.15) is 0 Å². The lowest BCUT2D eigenvalue weighted by Gasteiger charge is -2.30. The molecule has 60 valence electrons. The molecule has 0 unspecified atom stereocenters. The first-order valence-corrected chi connectivity index (χ1v) is 3.05. The van der Waals surface area contributed by atoms with Crippen molar-refractivity contribution in [2.24, 2.45) is 5.41 Å². The van der Waals surface area contributed by atoms with Crippen molar-refractivity contribution in [3.05, 3.63) is 12.1 Å². The van der Waals surface area contributed by atoms with Gasteiger partial charge in [0.2, 0.25) is 0 Å². The smallest absolute Gasteiger partial charge is 0.445 e. The fourth-order valence-corrected chi connectivity index (χ4v) is 0.491. The zero-order chi connectivity index (χ0) is 8.58. The van der Waals surface area contributed by atoms with Crippen LogP contribution in [0.5, 0.6) is 0 Å². The zero-order valence-corrected chi connectivity index (χ0v) is 6.42. The van der Waals surface area contributed by atoms with Gasteiger partial charge in [0.15, 0.2) is 0 Å². The molecule has 4 heteroatoms. The predicted octanol–water partition coefficient (Wildman–Crippen LogP) is 2.98. The van der Waals surface area contributed by atoms with Crippen molar-refractivity contribution < 1.29 is 12.9 Å². The lowest BCUT2D eigenvalue weighted by atomic mass is 9.66. The number of hydrogen-bond donors (Lipinski definition) is 0. The lowest BCUT2D eigenvalue weighted by Crippen LogP contribution is -2.28. The minimum atomic E-state index is -4.85. The van der Waals surface area contributed by atoms with Crippen LogP contribution in [-0.2, 0) is 0 Å². The molecular weight excluding hydrogens is 140 g/mol. The summed E-state index contributed by atoms with van der Waals surface area (Å²) in [5, 5.41) is 0. The second-order valence-electron chi connectivity index (χ2n) is 3.35. The molecule has 0 saturated heterocycles. The van der Waals surface area contributed by atoms with Crippen LogP contribution in [0, 0.1) is 5.41 Å². The van der Waals surface area contributed by atoms with Gasteiger partial charge < -0.3 is 12.9 Å². The first-order valence-electron chi connectivity index (χ1n) is 3.05. The van der Waals surface area contributed by atoms with Crippen molar-refractivity contribution in [1.82, 2.24) is 0 Å². The fourth-order valence-electron chi connectivity index (χ4n) is 0.491. The molecule has 0 radical (unpaired) electrons. The van der Waals surface area contributed by atoms with Gasteiger partial charge in [-0.25, -0.2) is 0 Å². The van der Waals surface area contributed by atoms with Crippen LogP contribution in [0.25, 0.3) is 0 Å². The van der Waals surface area contributed by atoms with Crippen LogP contribution in [0.3, 0.4) is 0 Å². The molecule has 0 fully saturated rings. The second-order valence-corrected chi connectivity index (χ2v) is 3.35. The fraction of sp³-hybridized carbons (Fsp3) is 0.667. The molecule has 0 aromatic carbocycles. The molecule has 0 rings (SSSR count). The molecule has 10 heavy (non-hydrogen) atoms. The molecule has 0 nitrogen and oxygen atoms in total. The SMILES string of the molecule is C=C([B-](F)(F)F)C(C)(C)C. The largest absolute Gasteiger partial charge is 0.505 e. The summed E-state index contributed by atoms with van der Waals surface area (Å²) < 4.78 is 35.7. The molecule has 0 heterocycles. The topological polar surface area (TPSA) is 0 Å². The monoisotopic (exact) mass is 151 g/mol. The first-order chi connectivity index (χ1) is 4.15. The van der Waals surface area contributed by atoms with Crippen molar-refractivity contribution in [3.8, 4) is 0 Å². The standard InChI is InChI=1S/C6H11BF3/c1-5(6(2,3)4)7(8,9)10/h1H2,2-4H3/q-1. The molecule has 0 spiro atoms. The van der Waals surface area contributed by atoms with E-state index in [-0.39, 0.29) is 0 Å². The number of halogens is 3. The maximum absolute atomic E-state index is 11.9. The van der Waals surface area contributed by atoms with Gasteiger partial charge in [-0.2, -0.15) is 0 Å². The van der Waals surface area contributed by atoms with Gasteiger partial charge in [-0.05, 0) is 5.41 Å². The lowest BCUT2D eigenvalue weighted by molar-refractivity contribution is 0.433. The number of rotatable bonds is 1. The van der Waals surface area contributed by atoms with Gasteiger partial charge in [0.25, 0.3) is 0 Å². The summed E-state index contributed by atoms with van der Waals surface area (Å²) in [7, 11) is 0.